The summed E-state index contributed by atoms with van der Waals surface area (Å²) in [6, 6.07) is 17.8. The molecule has 1 fully saturated rings. The van der Waals surface area contributed by atoms with Gasteiger partial charge in [-0.2, -0.15) is 0 Å². The number of piperidine rings is 1. The Morgan fingerprint density at radius 3 is 2.59 bits per heavy atom. The van der Waals surface area contributed by atoms with Crippen LogP contribution in [0.4, 0.5) is 0 Å². The van der Waals surface area contributed by atoms with E-state index >= 15 is 0 Å². The minimum atomic E-state index is 0.478. The maximum Gasteiger partial charge on any atom is 0.191 e. The molecule has 3 rings (SSSR count). The maximum absolute atomic E-state index is 4.87. The van der Waals surface area contributed by atoms with Crippen LogP contribution in [0.15, 0.2) is 59.7 Å². The van der Waals surface area contributed by atoms with E-state index in [1.54, 1.807) is 0 Å². The number of pyridine rings is 1. The van der Waals surface area contributed by atoms with E-state index in [4.69, 9.17) is 4.99 Å². The first-order valence-corrected chi connectivity index (χ1v) is 12.0. The highest BCUT2D eigenvalue weighted by molar-refractivity contribution is 5.80. The first-order chi connectivity index (χ1) is 15.6. The third-order valence-corrected chi connectivity index (χ3v) is 6.23. The molecule has 1 unspecified atom stereocenters. The Bertz CT molecular complexity index is 786. The summed E-state index contributed by atoms with van der Waals surface area (Å²) in [6.07, 6.45) is 5.19. The molecule has 6 nitrogen and oxygen atoms in total. The van der Waals surface area contributed by atoms with Crippen LogP contribution in [0.1, 0.15) is 44.4 Å². The zero-order valence-electron chi connectivity index (χ0n) is 20.0. The summed E-state index contributed by atoms with van der Waals surface area (Å²) in [4.78, 5) is 14.2. The van der Waals surface area contributed by atoms with E-state index in [1.807, 2.05) is 12.3 Å². The van der Waals surface area contributed by atoms with Crippen molar-refractivity contribution in [2.24, 2.45) is 4.99 Å². The molecule has 2 heterocycles. The predicted octanol–water partition coefficient (Wildman–Crippen LogP) is 3.51. The molecule has 1 saturated heterocycles. The first-order valence-electron chi connectivity index (χ1n) is 12.0. The number of guanidine groups is 1. The molecular formula is C26H40N6. The predicted molar refractivity (Wildman–Crippen MR) is 134 cm³/mol. The highest BCUT2D eigenvalue weighted by Crippen LogP contribution is 2.13. The summed E-state index contributed by atoms with van der Waals surface area (Å²) in [7, 11) is 2.20. The van der Waals surface area contributed by atoms with Gasteiger partial charge < -0.3 is 10.6 Å². The topological polar surface area (TPSA) is 55.8 Å². The summed E-state index contributed by atoms with van der Waals surface area (Å²) < 4.78 is 0. The molecule has 2 aromatic rings. The van der Waals surface area contributed by atoms with E-state index in [0.717, 1.165) is 70.2 Å². The number of hydrogen-bond acceptors (Lipinski definition) is 4. The second-order valence-electron chi connectivity index (χ2n) is 8.81. The fourth-order valence-electron chi connectivity index (χ4n) is 4.08. The van der Waals surface area contributed by atoms with Crippen LogP contribution in [0.5, 0.6) is 0 Å². The lowest BCUT2D eigenvalue weighted by Gasteiger charge is -2.33. The van der Waals surface area contributed by atoms with Crippen LogP contribution in [0.25, 0.3) is 0 Å². The second kappa shape index (κ2) is 13.2. The standard InChI is InChI=1S/C26H40N6/c1-4-27-26(29-17-13-22(2)31(3)20-23-10-6-5-7-11-23)30-24-14-18-32(19-15-24)21-25-12-8-9-16-28-25/h5-12,16,22,24H,4,13-15,17-21H2,1-3H3,(H2,27,29,30). The van der Waals surface area contributed by atoms with Gasteiger partial charge in [-0.15, -0.1) is 0 Å². The van der Waals surface area contributed by atoms with Gasteiger partial charge in [0.25, 0.3) is 0 Å². The number of benzene rings is 1. The zero-order valence-corrected chi connectivity index (χ0v) is 20.0. The Kier molecular flexibility index (Phi) is 9.98. The quantitative estimate of drug-likeness (QED) is 0.441. The number of nitrogens with one attached hydrogen (secondary N) is 2. The van der Waals surface area contributed by atoms with Gasteiger partial charge in [0, 0.05) is 57.5 Å². The summed E-state index contributed by atoms with van der Waals surface area (Å²) in [5.74, 6) is 0.952. The van der Waals surface area contributed by atoms with Crippen LogP contribution in [0.3, 0.4) is 0 Å². The van der Waals surface area contributed by atoms with Gasteiger partial charge in [0.2, 0.25) is 0 Å². The van der Waals surface area contributed by atoms with Crippen LogP contribution >= 0.6 is 0 Å². The Labute approximate surface area is 194 Å². The molecule has 1 aromatic heterocycles. The second-order valence-corrected chi connectivity index (χ2v) is 8.81. The zero-order chi connectivity index (χ0) is 22.6. The van der Waals surface area contributed by atoms with Gasteiger partial charge in [0.15, 0.2) is 5.96 Å². The van der Waals surface area contributed by atoms with Crippen molar-refractivity contribution in [3.8, 4) is 0 Å². The van der Waals surface area contributed by atoms with Gasteiger partial charge in [-0.25, -0.2) is 0 Å². The molecule has 1 aliphatic heterocycles. The number of nitrogens with zero attached hydrogens (tertiary/aromatic N) is 4. The largest absolute Gasteiger partial charge is 0.357 e. The van der Waals surface area contributed by atoms with Gasteiger partial charge in [-0.1, -0.05) is 36.4 Å². The molecule has 0 spiro atoms. The molecule has 0 aliphatic carbocycles. The van der Waals surface area contributed by atoms with Gasteiger partial charge >= 0.3 is 0 Å². The molecule has 1 aliphatic rings. The van der Waals surface area contributed by atoms with E-state index < -0.39 is 0 Å². The summed E-state index contributed by atoms with van der Waals surface area (Å²) >= 11 is 0. The average molecular weight is 437 g/mol. The third-order valence-electron chi connectivity index (χ3n) is 6.23. The Morgan fingerprint density at radius 2 is 1.91 bits per heavy atom. The Hall–Kier alpha value is -2.44. The van der Waals surface area contributed by atoms with Crippen molar-refractivity contribution in [3.05, 3.63) is 66.0 Å². The Balaban J connectivity index is 1.40. The van der Waals surface area contributed by atoms with Crippen molar-refractivity contribution in [1.82, 2.24) is 25.4 Å². The van der Waals surface area contributed by atoms with Gasteiger partial charge in [-0.05, 0) is 57.9 Å². The monoisotopic (exact) mass is 436 g/mol. The highest BCUT2D eigenvalue weighted by atomic mass is 15.2. The normalized spacial score (nSPS) is 16.8. The van der Waals surface area contributed by atoms with Crippen molar-refractivity contribution in [1.29, 1.82) is 0 Å². The minimum absolute atomic E-state index is 0.478. The summed E-state index contributed by atoms with van der Waals surface area (Å²) in [6.45, 7) is 10.2. The molecular weight excluding hydrogens is 396 g/mol. The molecule has 0 bridgehead atoms. The molecule has 0 amide bonds. The lowest BCUT2D eigenvalue weighted by atomic mass is 10.0. The van der Waals surface area contributed by atoms with Crippen LogP contribution in [-0.4, -0.2) is 66.1 Å². The average Bonchev–Trinajstić information content (AvgIpc) is 2.81. The van der Waals surface area contributed by atoms with Crippen molar-refractivity contribution in [2.75, 3.05) is 33.2 Å². The minimum Gasteiger partial charge on any atom is -0.357 e. The van der Waals surface area contributed by atoms with E-state index in [0.29, 0.717) is 12.1 Å². The number of aromatic nitrogens is 1. The SMILES string of the molecule is CCNC(=NCCC(C)N(C)Cc1ccccc1)NC1CCN(Cc2ccccn2)CC1. The fraction of sp³-hybridized carbons (Fsp3) is 0.538. The smallest absolute Gasteiger partial charge is 0.191 e. The van der Waals surface area contributed by atoms with Gasteiger partial charge in [0.05, 0.1) is 5.69 Å². The molecule has 0 radical (unpaired) electrons. The summed E-state index contributed by atoms with van der Waals surface area (Å²) in [5, 5.41) is 7.09. The molecule has 2 N–H and O–H groups in total. The molecule has 1 atom stereocenters. The van der Waals surface area contributed by atoms with E-state index in [-0.39, 0.29) is 0 Å². The van der Waals surface area contributed by atoms with E-state index in [2.05, 4.69) is 88.8 Å². The molecule has 6 heteroatoms. The van der Waals surface area contributed by atoms with Crippen molar-refractivity contribution >= 4 is 5.96 Å². The van der Waals surface area contributed by atoms with E-state index in [1.165, 1.54) is 5.56 Å². The van der Waals surface area contributed by atoms with E-state index in [9.17, 15) is 0 Å². The first kappa shape index (κ1) is 24.2. The lowest BCUT2D eigenvalue weighted by Crippen LogP contribution is -2.48. The van der Waals surface area contributed by atoms with Crippen LogP contribution in [0, 0.1) is 0 Å². The highest BCUT2D eigenvalue weighted by Gasteiger charge is 2.20. The molecule has 174 valence electrons. The Morgan fingerprint density at radius 1 is 1.16 bits per heavy atom. The summed E-state index contributed by atoms with van der Waals surface area (Å²) in [5.41, 5.74) is 2.51. The lowest BCUT2D eigenvalue weighted by molar-refractivity contribution is 0.196. The number of hydrogen-bond donors (Lipinski definition) is 2. The van der Waals surface area contributed by atoms with Crippen LogP contribution < -0.4 is 10.6 Å². The maximum atomic E-state index is 4.87. The number of rotatable bonds is 10. The number of likely N-dealkylation sites (tertiary alicyclic amines) is 1. The third kappa shape index (κ3) is 8.24. The number of aliphatic imine (C=N–C) groups is 1. The molecule has 0 saturated carbocycles. The van der Waals surface area contributed by atoms with Crippen LogP contribution in [-0.2, 0) is 13.1 Å². The molecule has 1 aromatic carbocycles. The molecule has 32 heavy (non-hydrogen) atoms. The van der Waals surface area contributed by atoms with Crippen molar-refractivity contribution in [2.45, 2.75) is 58.3 Å². The fourth-order valence-corrected chi connectivity index (χ4v) is 4.08. The van der Waals surface area contributed by atoms with Gasteiger partial charge in [-0.3, -0.25) is 19.8 Å². The van der Waals surface area contributed by atoms with Gasteiger partial charge in [0.1, 0.15) is 0 Å². The van der Waals surface area contributed by atoms with Crippen LogP contribution in [0.2, 0.25) is 0 Å². The van der Waals surface area contributed by atoms with Crippen molar-refractivity contribution < 1.29 is 0 Å². The van der Waals surface area contributed by atoms with Crippen molar-refractivity contribution in [3.63, 3.8) is 0 Å².